The molecule has 0 spiro atoms. The molecule has 0 rings (SSSR count). The standard InChI is InChI=1S/C13H28S7/c14-4-1-2-10(8-16)6-12(18)7-11(9-17)13(19,20)3-5-15/h10-12,14-20H,1-9H2. The van der Waals surface area contributed by atoms with Gasteiger partial charge in [0, 0.05) is 5.25 Å². The van der Waals surface area contributed by atoms with Gasteiger partial charge in [-0.3, -0.25) is 0 Å². The van der Waals surface area contributed by atoms with Gasteiger partial charge < -0.3 is 0 Å². The average Bonchev–Trinajstić information content (AvgIpc) is 2.40. The number of rotatable bonds is 12. The summed E-state index contributed by atoms with van der Waals surface area (Å²) in [6, 6.07) is 0. The SMILES string of the molecule is SCCCC(CS)CC(S)CC(CS)C(S)(S)CCS. The van der Waals surface area contributed by atoms with E-state index < -0.39 is 0 Å². The molecule has 0 aromatic heterocycles. The molecule has 0 bridgehead atoms. The van der Waals surface area contributed by atoms with E-state index in [-0.39, 0.29) is 4.08 Å². The normalized spacial score (nSPS) is 16.9. The van der Waals surface area contributed by atoms with E-state index in [1.54, 1.807) is 0 Å². The van der Waals surface area contributed by atoms with Crippen LogP contribution in [0.15, 0.2) is 0 Å². The first-order chi connectivity index (χ1) is 9.41. The van der Waals surface area contributed by atoms with Crippen molar-refractivity contribution < 1.29 is 0 Å². The summed E-state index contributed by atoms with van der Waals surface area (Å²) in [6.07, 6.45) is 5.26. The van der Waals surface area contributed by atoms with Crippen molar-refractivity contribution in [2.45, 2.75) is 41.4 Å². The Morgan fingerprint density at radius 1 is 0.850 bits per heavy atom. The van der Waals surface area contributed by atoms with Crippen LogP contribution in [-0.2, 0) is 0 Å². The fourth-order valence-corrected chi connectivity index (χ4v) is 5.39. The highest BCUT2D eigenvalue weighted by molar-refractivity contribution is 8.00. The predicted octanol–water partition coefficient (Wildman–Crippen LogP) is 4.74. The third kappa shape index (κ3) is 9.56. The minimum absolute atomic E-state index is 0.313. The fourth-order valence-electron chi connectivity index (χ4n) is 2.25. The van der Waals surface area contributed by atoms with Gasteiger partial charge in [-0.05, 0) is 67.0 Å². The van der Waals surface area contributed by atoms with Gasteiger partial charge in [0.2, 0.25) is 0 Å². The summed E-state index contributed by atoms with van der Waals surface area (Å²) in [6.45, 7) is 0. The Balaban J connectivity index is 4.35. The van der Waals surface area contributed by atoms with Gasteiger partial charge in [-0.1, -0.05) is 0 Å². The van der Waals surface area contributed by atoms with Crippen LogP contribution in [0.1, 0.15) is 32.1 Å². The van der Waals surface area contributed by atoms with Crippen LogP contribution < -0.4 is 0 Å². The topological polar surface area (TPSA) is 0 Å². The van der Waals surface area contributed by atoms with E-state index in [1.165, 1.54) is 6.42 Å². The first-order valence-electron chi connectivity index (χ1n) is 6.97. The second-order valence-corrected chi connectivity index (χ2v) is 9.58. The summed E-state index contributed by atoms with van der Waals surface area (Å²) in [4.78, 5) is 0. The lowest BCUT2D eigenvalue weighted by Crippen LogP contribution is -2.31. The van der Waals surface area contributed by atoms with Gasteiger partial charge in [0.1, 0.15) is 0 Å². The molecule has 0 aliphatic heterocycles. The lowest BCUT2D eigenvalue weighted by atomic mass is 9.92. The molecule has 0 aliphatic rings. The molecular weight excluding hydrogens is 381 g/mol. The molecule has 0 saturated heterocycles. The number of thiol groups is 7. The molecule has 3 atom stereocenters. The van der Waals surface area contributed by atoms with E-state index in [9.17, 15) is 0 Å². The van der Waals surface area contributed by atoms with Crippen LogP contribution in [-0.4, -0.2) is 32.3 Å². The van der Waals surface area contributed by atoms with Crippen LogP contribution in [0, 0.1) is 11.8 Å². The largest absolute Gasteiger partial charge is 0.179 e. The van der Waals surface area contributed by atoms with E-state index in [1.807, 2.05) is 0 Å². The highest BCUT2D eigenvalue weighted by Gasteiger charge is 2.31. The fraction of sp³-hybridized carbons (Fsp3) is 1.00. The highest BCUT2D eigenvalue weighted by Crippen LogP contribution is 2.38. The Kier molecular flexibility index (Phi) is 14.4. The van der Waals surface area contributed by atoms with Crippen molar-refractivity contribution in [2.24, 2.45) is 11.8 Å². The maximum atomic E-state index is 4.76. The molecule has 0 aromatic carbocycles. The van der Waals surface area contributed by atoms with Crippen LogP contribution in [0.2, 0.25) is 0 Å². The van der Waals surface area contributed by atoms with Gasteiger partial charge in [0.15, 0.2) is 0 Å². The molecule has 0 aromatic rings. The van der Waals surface area contributed by atoms with Crippen molar-refractivity contribution in [1.29, 1.82) is 0 Å². The van der Waals surface area contributed by atoms with Crippen LogP contribution in [0.25, 0.3) is 0 Å². The van der Waals surface area contributed by atoms with Gasteiger partial charge in [-0.25, -0.2) is 0 Å². The van der Waals surface area contributed by atoms with E-state index >= 15 is 0 Å². The Labute approximate surface area is 163 Å². The van der Waals surface area contributed by atoms with Gasteiger partial charge in [0.25, 0.3) is 0 Å². The van der Waals surface area contributed by atoms with Crippen LogP contribution >= 0.6 is 88.4 Å². The monoisotopic (exact) mass is 408 g/mol. The molecule has 0 radical (unpaired) electrons. The van der Waals surface area contributed by atoms with Gasteiger partial charge in [-0.2, -0.15) is 88.4 Å². The third-order valence-electron chi connectivity index (χ3n) is 3.54. The molecular formula is C13H28S7. The average molecular weight is 409 g/mol. The summed E-state index contributed by atoms with van der Waals surface area (Å²) in [7, 11) is 0. The zero-order valence-corrected chi connectivity index (χ0v) is 18.0. The second kappa shape index (κ2) is 12.8. The summed E-state index contributed by atoms with van der Waals surface area (Å²) < 4.78 is -0.313. The molecule has 122 valence electrons. The zero-order valence-electron chi connectivity index (χ0n) is 11.7. The van der Waals surface area contributed by atoms with Crippen molar-refractivity contribution in [3.8, 4) is 0 Å². The molecule has 0 saturated carbocycles. The minimum atomic E-state index is -0.313. The van der Waals surface area contributed by atoms with Gasteiger partial charge in [0.05, 0.1) is 4.08 Å². The van der Waals surface area contributed by atoms with E-state index in [4.69, 9.17) is 37.9 Å². The molecule has 3 unspecified atom stereocenters. The van der Waals surface area contributed by atoms with Crippen molar-refractivity contribution in [2.75, 3.05) is 23.0 Å². The molecule has 0 N–H and O–H groups in total. The molecule has 7 heteroatoms. The Bertz CT molecular complexity index is 235. The molecule has 0 amide bonds. The predicted molar refractivity (Wildman–Crippen MR) is 119 cm³/mol. The highest BCUT2D eigenvalue weighted by atomic mass is 32.2. The summed E-state index contributed by atoms with van der Waals surface area (Å²) in [5, 5.41) is 0.350. The van der Waals surface area contributed by atoms with E-state index in [2.05, 4.69) is 50.5 Å². The first kappa shape index (κ1) is 22.4. The zero-order chi connectivity index (χ0) is 15.6. The summed E-state index contributed by atoms with van der Waals surface area (Å²) in [5.74, 6) is 4.37. The van der Waals surface area contributed by atoms with Gasteiger partial charge in [-0.15, -0.1) is 0 Å². The smallest absolute Gasteiger partial charge is 0.0595 e. The second-order valence-electron chi connectivity index (χ2n) is 5.27. The van der Waals surface area contributed by atoms with E-state index in [0.717, 1.165) is 48.7 Å². The number of hydrogen-bond acceptors (Lipinski definition) is 7. The van der Waals surface area contributed by atoms with E-state index in [0.29, 0.717) is 17.1 Å². The summed E-state index contributed by atoms with van der Waals surface area (Å²) >= 11 is 31.6. The Hall–Kier alpha value is 2.45. The Morgan fingerprint density at radius 2 is 1.50 bits per heavy atom. The summed E-state index contributed by atoms with van der Waals surface area (Å²) in [5.41, 5.74) is 0. The van der Waals surface area contributed by atoms with Gasteiger partial charge >= 0.3 is 0 Å². The minimum Gasteiger partial charge on any atom is -0.179 e. The van der Waals surface area contributed by atoms with Crippen molar-refractivity contribution in [3.05, 3.63) is 0 Å². The molecule has 0 nitrogen and oxygen atoms in total. The molecule has 20 heavy (non-hydrogen) atoms. The lowest BCUT2D eigenvalue weighted by Gasteiger charge is -2.33. The van der Waals surface area contributed by atoms with Crippen molar-refractivity contribution in [1.82, 2.24) is 0 Å². The van der Waals surface area contributed by atoms with Crippen LogP contribution in [0.4, 0.5) is 0 Å². The van der Waals surface area contributed by atoms with Crippen molar-refractivity contribution in [3.63, 3.8) is 0 Å². The number of hydrogen-bond donors (Lipinski definition) is 7. The van der Waals surface area contributed by atoms with Crippen LogP contribution in [0.3, 0.4) is 0 Å². The van der Waals surface area contributed by atoms with Crippen LogP contribution in [0.5, 0.6) is 0 Å². The quantitative estimate of drug-likeness (QED) is 0.176. The maximum Gasteiger partial charge on any atom is 0.0595 e. The Morgan fingerprint density at radius 3 is 1.95 bits per heavy atom. The van der Waals surface area contributed by atoms with Crippen molar-refractivity contribution >= 4 is 88.4 Å². The first-order valence-corrected chi connectivity index (χ1v) is 10.9. The molecule has 0 fully saturated rings. The molecule has 0 aliphatic carbocycles. The molecule has 0 heterocycles. The maximum absolute atomic E-state index is 4.76. The lowest BCUT2D eigenvalue weighted by molar-refractivity contribution is 0.422. The third-order valence-corrected chi connectivity index (χ3v) is 6.64.